The number of nitrogens with zero attached hydrogens (tertiary/aromatic N) is 4. The molecule has 0 aromatic carbocycles. The smallest absolute Gasteiger partial charge is 0.139 e. The third-order valence-electron chi connectivity index (χ3n) is 2.56. The predicted octanol–water partition coefficient (Wildman–Crippen LogP) is 1.37. The van der Waals surface area contributed by atoms with Gasteiger partial charge in [-0.1, -0.05) is 11.6 Å². The van der Waals surface area contributed by atoms with Crippen molar-refractivity contribution in [1.29, 1.82) is 0 Å². The van der Waals surface area contributed by atoms with Gasteiger partial charge in [0.05, 0.1) is 35.1 Å². The Hall–Kier alpha value is -1.33. The number of halogens is 1. The Bertz CT molecular complexity index is 471. The Morgan fingerprint density at radius 1 is 1.50 bits per heavy atom. The van der Waals surface area contributed by atoms with Crippen molar-refractivity contribution >= 4 is 11.6 Å². The molecule has 16 heavy (non-hydrogen) atoms. The van der Waals surface area contributed by atoms with E-state index in [-0.39, 0.29) is 0 Å². The van der Waals surface area contributed by atoms with E-state index in [1.165, 1.54) is 6.20 Å². The van der Waals surface area contributed by atoms with Crippen molar-refractivity contribution in [2.24, 2.45) is 7.05 Å². The summed E-state index contributed by atoms with van der Waals surface area (Å²) in [5.41, 5.74) is 1.30. The minimum Gasteiger partial charge on any atom is -0.380 e. The summed E-state index contributed by atoms with van der Waals surface area (Å²) in [5.74, 6) is 0. The molecule has 0 saturated carbocycles. The maximum atomic E-state index is 10.2. The minimum absolute atomic E-state index is 0.457. The molecule has 1 atom stereocenters. The van der Waals surface area contributed by atoms with Gasteiger partial charge in [-0.05, 0) is 6.92 Å². The van der Waals surface area contributed by atoms with Gasteiger partial charge in [0.1, 0.15) is 6.10 Å². The maximum absolute atomic E-state index is 10.2. The molecule has 0 aliphatic heterocycles. The van der Waals surface area contributed by atoms with E-state index in [4.69, 9.17) is 11.6 Å². The fourth-order valence-electron chi connectivity index (χ4n) is 1.69. The molecule has 6 heteroatoms. The highest BCUT2D eigenvalue weighted by atomic mass is 35.5. The number of aromatic nitrogens is 4. The summed E-state index contributed by atoms with van der Waals surface area (Å²) in [7, 11) is 1.75. The summed E-state index contributed by atoms with van der Waals surface area (Å²) < 4.78 is 3.44. The highest BCUT2D eigenvalue weighted by Crippen LogP contribution is 2.27. The van der Waals surface area contributed by atoms with Crippen LogP contribution in [0.5, 0.6) is 0 Å². The average Bonchev–Trinajstić information content (AvgIpc) is 2.85. The molecule has 0 aliphatic rings. The van der Waals surface area contributed by atoms with Crippen LogP contribution in [0.3, 0.4) is 0 Å². The normalized spacial score (nSPS) is 13.0. The van der Waals surface area contributed by atoms with Crippen molar-refractivity contribution in [2.75, 3.05) is 0 Å². The summed E-state index contributed by atoms with van der Waals surface area (Å²) in [6.45, 7) is 2.74. The van der Waals surface area contributed by atoms with Crippen LogP contribution in [0, 0.1) is 0 Å². The molecule has 1 unspecified atom stereocenters. The van der Waals surface area contributed by atoms with Crippen LogP contribution < -0.4 is 0 Å². The lowest BCUT2D eigenvalue weighted by Gasteiger charge is -2.13. The average molecular weight is 241 g/mol. The molecule has 0 bridgehead atoms. The lowest BCUT2D eigenvalue weighted by atomic mass is 10.2. The van der Waals surface area contributed by atoms with Gasteiger partial charge in [-0.3, -0.25) is 4.68 Å². The van der Waals surface area contributed by atoms with Crippen LogP contribution >= 0.6 is 11.6 Å². The molecule has 2 aromatic heterocycles. The summed E-state index contributed by atoms with van der Waals surface area (Å²) >= 11 is 5.98. The predicted molar refractivity (Wildman–Crippen MR) is 60.2 cm³/mol. The number of imidazole rings is 1. The second-order valence-electron chi connectivity index (χ2n) is 3.51. The van der Waals surface area contributed by atoms with Gasteiger partial charge in [0, 0.05) is 13.6 Å². The number of aryl methyl sites for hydroxylation is 2. The Labute approximate surface area is 98.3 Å². The molecule has 0 aliphatic carbocycles. The lowest BCUT2D eigenvalue weighted by molar-refractivity contribution is 0.200. The number of aliphatic hydroxyl groups excluding tert-OH is 1. The molecule has 1 N–H and O–H groups in total. The quantitative estimate of drug-likeness (QED) is 0.882. The Morgan fingerprint density at radius 3 is 2.81 bits per heavy atom. The van der Waals surface area contributed by atoms with Crippen molar-refractivity contribution in [3.63, 3.8) is 0 Å². The largest absolute Gasteiger partial charge is 0.380 e. The van der Waals surface area contributed by atoms with Crippen LogP contribution in [0.25, 0.3) is 0 Å². The molecule has 2 heterocycles. The van der Waals surface area contributed by atoms with Gasteiger partial charge >= 0.3 is 0 Å². The molecule has 2 aromatic rings. The number of hydrogen-bond acceptors (Lipinski definition) is 3. The van der Waals surface area contributed by atoms with Crippen LogP contribution in [-0.4, -0.2) is 24.4 Å². The second kappa shape index (κ2) is 4.27. The molecule has 0 amide bonds. The zero-order valence-electron chi connectivity index (χ0n) is 9.13. The highest BCUT2D eigenvalue weighted by Gasteiger charge is 2.21. The lowest BCUT2D eigenvalue weighted by Crippen LogP contribution is -2.11. The topological polar surface area (TPSA) is 55.9 Å². The molecule has 86 valence electrons. The van der Waals surface area contributed by atoms with E-state index < -0.39 is 6.10 Å². The molecule has 0 fully saturated rings. The molecule has 0 radical (unpaired) electrons. The van der Waals surface area contributed by atoms with Crippen molar-refractivity contribution < 1.29 is 5.11 Å². The summed E-state index contributed by atoms with van der Waals surface area (Å²) in [6.07, 6.45) is 4.04. The van der Waals surface area contributed by atoms with Gasteiger partial charge in [0.25, 0.3) is 0 Å². The fourth-order valence-corrected chi connectivity index (χ4v) is 1.96. The zero-order chi connectivity index (χ0) is 11.7. The standard InChI is InChI=1S/C10H13ClN4O/c1-3-15-6-12-5-8(15)10(16)9-7(11)4-13-14(9)2/h4-6,10,16H,3H2,1-2H3. The van der Waals surface area contributed by atoms with Crippen molar-refractivity contribution in [3.05, 3.63) is 35.1 Å². The molecular formula is C10H13ClN4O. The van der Waals surface area contributed by atoms with Gasteiger partial charge in [-0.2, -0.15) is 5.10 Å². The highest BCUT2D eigenvalue weighted by molar-refractivity contribution is 6.31. The molecule has 0 spiro atoms. The SMILES string of the molecule is CCn1cncc1C(O)c1c(Cl)cnn1C. The van der Waals surface area contributed by atoms with Crippen LogP contribution in [0.4, 0.5) is 0 Å². The Kier molecular flexibility index (Phi) is 2.98. The van der Waals surface area contributed by atoms with E-state index in [1.807, 2.05) is 11.5 Å². The number of hydrogen-bond donors (Lipinski definition) is 1. The van der Waals surface area contributed by atoms with Crippen molar-refractivity contribution in [1.82, 2.24) is 19.3 Å². The van der Waals surface area contributed by atoms with E-state index in [0.29, 0.717) is 16.4 Å². The summed E-state index contributed by atoms with van der Waals surface area (Å²) in [5, 5.41) is 14.7. The van der Waals surface area contributed by atoms with Crippen LogP contribution in [0.15, 0.2) is 18.7 Å². The van der Waals surface area contributed by atoms with Crippen LogP contribution in [0.2, 0.25) is 5.02 Å². The fraction of sp³-hybridized carbons (Fsp3) is 0.400. The van der Waals surface area contributed by atoms with E-state index in [2.05, 4.69) is 10.1 Å². The third kappa shape index (κ3) is 1.72. The second-order valence-corrected chi connectivity index (χ2v) is 3.92. The minimum atomic E-state index is -0.803. The first-order valence-corrected chi connectivity index (χ1v) is 5.38. The van der Waals surface area contributed by atoms with Gasteiger partial charge < -0.3 is 9.67 Å². The summed E-state index contributed by atoms with van der Waals surface area (Å²) in [4.78, 5) is 4.01. The molecular weight excluding hydrogens is 228 g/mol. The van der Waals surface area contributed by atoms with E-state index in [1.54, 1.807) is 24.3 Å². The third-order valence-corrected chi connectivity index (χ3v) is 2.85. The van der Waals surface area contributed by atoms with E-state index in [9.17, 15) is 5.11 Å². The van der Waals surface area contributed by atoms with Gasteiger partial charge in [0.2, 0.25) is 0 Å². The monoisotopic (exact) mass is 240 g/mol. The van der Waals surface area contributed by atoms with Gasteiger partial charge in [-0.15, -0.1) is 0 Å². The van der Waals surface area contributed by atoms with Crippen LogP contribution in [0.1, 0.15) is 24.4 Å². The molecule has 5 nitrogen and oxygen atoms in total. The number of rotatable bonds is 3. The Morgan fingerprint density at radius 2 is 2.25 bits per heavy atom. The van der Waals surface area contributed by atoms with E-state index >= 15 is 0 Å². The number of aliphatic hydroxyl groups is 1. The summed E-state index contributed by atoms with van der Waals surface area (Å²) in [6, 6.07) is 0. The first-order valence-electron chi connectivity index (χ1n) is 5.00. The first-order chi connectivity index (χ1) is 7.65. The van der Waals surface area contributed by atoms with E-state index in [0.717, 1.165) is 6.54 Å². The zero-order valence-corrected chi connectivity index (χ0v) is 9.89. The maximum Gasteiger partial charge on any atom is 0.139 e. The van der Waals surface area contributed by atoms with Gasteiger partial charge in [0.15, 0.2) is 0 Å². The first kappa shape index (κ1) is 11.2. The molecule has 2 rings (SSSR count). The molecule has 0 saturated heterocycles. The van der Waals surface area contributed by atoms with Crippen LogP contribution in [-0.2, 0) is 13.6 Å². The van der Waals surface area contributed by atoms with Crippen molar-refractivity contribution in [2.45, 2.75) is 19.6 Å². The van der Waals surface area contributed by atoms with Crippen molar-refractivity contribution in [3.8, 4) is 0 Å². The Balaban J connectivity index is 2.43. The van der Waals surface area contributed by atoms with Gasteiger partial charge in [-0.25, -0.2) is 4.98 Å².